The second-order valence-corrected chi connectivity index (χ2v) is 7.49. The Morgan fingerprint density at radius 1 is 1.15 bits per heavy atom. The Kier molecular flexibility index (Phi) is 6.16. The lowest BCUT2D eigenvalue weighted by molar-refractivity contribution is -0.386. The minimum absolute atomic E-state index is 0.0436. The first-order valence-corrected chi connectivity index (χ1v) is 10.1. The zero-order valence-corrected chi connectivity index (χ0v) is 18.0. The maximum absolute atomic E-state index is 12.5. The van der Waals surface area contributed by atoms with Crippen molar-refractivity contribution >= 4 is 17.5 Å². The summed E-state index contributed by atoms with van der Waals surface area (Å²) in [6, 6.07) is 15.8. The summed E-state index contributed by atoms with van der Waals surface area (Å²) in [5.74, 6) is 0.138. The molecule has 4 rings (SSSR count). The highest BCUT2D eigenvalue weighted by molar-refractivity contribution is 6.01. The van der Waals surface area contributed by atoms with Gasteiger partial charge in [0.15, 0.2) is 11.5 Å². The number of nitrogens with one attached hydrogen (secondary N) is 1. The maximum atomic E-state index is 12.5. The van der Waals surface area contributed by atoms with Crippen LogP contribution in [0.1, 0.15) is 33.0 Å². The van der Waals surface area contributed by atoms with Gasteiger partial charge in [0.1, 0.15) is 18.7 Å². The molecule has 0 atom stereocenters. The molecule has 10 heteroatoms. The zero-order valence-electron chi connectivity index (χ0n) is 18.0. The molecule has 0 unspecified atom stereocenters. The largest absolute Gasteiger partial charge is 0.479 e. The molecule has 0 fully saturated rings. The lowest BCUT2D eigenvalue weighted by Crippen LogP contribution is -2.12. The summed E-state index contributed by atoms with van der Waals surface area (Å²) >= 11 is 0. The van der Waals surface area contributed by atoms with Gasteiger partial charge in [-0.3, -0.25) is 20.2 Å². The van der Waals surface area contributed by atoms with Gasteiger partial charge in [0.25, 0.3) is 5.91 Å². The van der Waals surface area contributed by atoms with Crippen LogP contribution < -0.4 is 10.1 Å². The summed E-state index contributed by atoms with van der Waals surface area (Å²) in [4.78, 5) is 27.3. The second kappa shape index (κ2) is 9.35. The summed E-state index contributed by atoms with van der Waals surface area (Å²) in [6.07, 6.45) is 1.54. The first-order chi connectivity index (χ1) is 15.9. The van der Waals surface area contributed by atoms with Crippen molar-refractivity contribution in [2.24, 2.45) is 0 Å². The van der Waals surface area contributed by atoms with Crippen LogP contribution in [-0.2, 0) is 13.2 Å². The molecule has 0 bridgehead atoms. The monoisotopic (exact) mass is 447 g/mol. The van der Waals surface area contributed by atoms with Crippen LogP contribution in [0.5, 0.6) is 5.75 Å². The number of amides is 1. The number of rotatable bonds is 8. The van der Waals surface area contributed by atoms with Gasteiger partial charge in [-0.1, -0.05) is 35.9 Å². The minimum Gasteiger partial charge on any atom is -0.479 e. The molecule has 2 aromatic carbocycles. The van der Waals surface area contributed by atoms with E-state index in [1.165, 1.54) is 24.5 Å². The number of aromatic nitrogens is 3. The fraction of sp³-hybridized carbons (Fsp3) is 0.174. The number of hydrogen-bond donors (Lipinski definition) is 1. The van der Waals surface area contributed by atoms with Gasteiger partial charge in [0, 0.05) is 6.07 Å². The van der Waals surface area contributed by atoms with Crippen LogP contribution in [0.3, 0.4) is 0 Å². The highest BCUT2D eigenvalue weighted by Gasteiger charge is 2.17. The molecule has 1 amide bonds. The number of anilines is 1. The Hall–Kier alpha value is -4.47. The summed E-state index contributed by atoms with van der Waals surface area (Å²) in [7, 11) is 0. The number of carbonyl (C=O) groups is 1. The Labute approximate surface area is 189 Å². The molecule has 0 aliphatic rings. The van der Waals surface area contributed by atoms with Crippen LogP contribution in [0.25, 0.3) is 0 Å². The van der Waals surface area contributed by atoms with E-state index in [9.17, 15) is 14.9 Å². The number of nitrogens with zero attached hydrogens (tertiary/aromatic N) is 4. The first kappa shape index (κ1) is 21.8. The summed E-state index contributed by atoms with van der Waals surface area (Å²) in [5, 5.41) is 18.1. The van der Waals surface area contributed by atoms with Crippen molar-refractivity contribution in [1.29, 1.82) is 0 Å². The van der Waals surface area contributed by atoms with E-state index in [0.29, 0.717) is 12.3 Å². The van der Waals surface area contributed by atoms with Crippen LogP contribution in [0, 0.1) is 24.0 Å². The maximum Gasteiger partial charge on any atom is 0.311 e. The van der Waals surface area contributed by atoms with E-state index >= 15 is 0 Å². The molecule has 0 radical (unpaired) electrons. The van der Waals surface area contributed by atoms with Gasteiger partial charge in [-0.05, 0) is 43.2 Å². The molecule has 33 heavy (non-hydrogen) atoms. The van der Waals surface area contributed by atoms with Crippen molar-refractivity contribution in [3.8, 4) is 5.75 Å². The van der Waals surface area contributed by atoms with Gasteiger partial charge in [-0.25, -0.2) is 9.67 Å². The van der Waals surface area contributed by atoms with Crippen LogP contribution in [0.4, 0.5) is 11.6 Å². The van der Waals surface area contributed by atoms with Crippen LogP contribution >= 0.6 is 0 Å². The van der Waals surface area contributed by atoms with E-state index in [1.54, 1.807) is 23.7 Å². The number of benzene rings is 2. The smallest absolute Gasteiger partial charge is 0.311 e. The van der Waals surface area contributed by atoms with Gasteiger partial charge >= 0.3 is 5.69 Å². The Morgan fingerprint density at radius 2 is 1.97 bits per heavy atom. The van der Waals surface area contributed by atoms with Gasteiger partial charge in [-0.15, -0.1) is 5.10 Å². The zero-order chi connectivity index (χ0) is 23.4. The van der Waals surface area contributed by atoms with Gasteiger partial charge in [0.05, 0.1) is 11.5 Å². The average molecular weight is 447 g/mol. The van der Waals surface area contributed by atoms with Crippen molar-refractivity contribution in [2.75, 3.05) is 5.32 Å². The SMILES string of the molecule is Cc1cccc(Cn2cnc(NC(=O)c3ccc(COc4ccc(C)cc4[N+](=O)[O-])o3)n2)c1. The normalized spacial score (nSPS) is 10.7. The van der Waals surface area contributed by atoms with E-state index < -0.39 is 10.8 Å². The van der Waals surface area contributed by atoms with Gasteiger partial charge in [-0.2, -0.15) is 0 Å². The van der Waals surface area contributed by atoms with Crippen LogP contribution in [0.2, 0.25) is 0 Å². The molecule has 0 aliphatic heterocycles. The van der Waals surface area contributed by atoms with Gasteiger partial charge in [0.2, 0.25) is 5.95 Å². The van der Waals surface area contributed by atoms with E-state index in [0.717, 1.165) is 16.7 Å². The molecule has 4 aromatic rings. The molecule has 2 heterocycles. The van der Waals surface area contributed by atoms with E-state index in [2.05, 4.69) is 21.5 Å². The molecule has 0 aliphatic carbocycles. The van der Waals surface area contributed by atoms with Crippen molar-refractivity contribution in [2.45, 2.75) is 27.0 Å². The number of carbonyl (C=O) groups excluding carboxylic acids is 1. The third kappa shape index (κ3) is 5.42. The topological polar surface area (TPSA) is 125 Å². The molecular formula is C23H21N5O5. The number of nitro benzene ring substituents is 1. The average Bonchev–Trinajstić information content (AvgIpc) is 3.42. The molecule has 1 N–H and O–H groups in total. The Bertz CT molecular complexity index is 1310. The van der Waals surface area contributed by atoms with Crippen molar-refractivity contribution in [3.63, 3.8) is 0 Å². The number of aryl methyl sites for hydroxylation is 2. The predicted octanol–water partition coefficient (Wildman–Crippen LogP) is 4.28. The number of furan rings is 1. The number of ether oxygens (including phenoxy) is 1. The molecule has 2 aromatic heterocycles. The van der Waals surface area contributed by atoms with Gasteiger partial charge < -0.3 is 9.15 Å². The van der Waals surface area contributed by atoms with Crippen LogP contribution in [0.15, 0.2) is 65.3 Å². The number of nitro groups is 1. The first-order valence-electron chi connectivity index (χ1n) is 10.1. The standard InChI is InChI=1S/C23H21N5O5/c1-15-4-3-5-17(10-15)12-27-14-24-23(26-27)25-22(29)21-9-7-18(33-21)13-32-20-8-6-16(2)11-19(20)28(30)31/h3-11,14H,12-13H2,1-2H3,(H,25,26,29). The number of hydrogen-bond acceptors (Lipinski definition) is 7. The molecule has 168 valence electrons. The van der Waals surface area contributed by atoms with Crippen molar-refractivity contribution < 1.29 is 18.9 Å². The van der Waals surface area contributed by atoms with E-state index in [1.807, 2.05) is 25.1 Å². The third-order valence-electron chi connectivity index (χ3n) is 4.76. The predicted molar refractivity (Wildman–Crippen MR) is 119 cm³/mol. The van der Waals surface area contributed by atoms with Crippen LogP contribution in [-0.4, -0.2) is 25.6 Å². The highest BCUT2D eigenvalue weighted by Crippen LogP contribution is 2.28. The molecular weight excluding hydrogens is 426 g/mol. The van der Waals surface area contributed by atoms with Crippen molar-refractivity contribution in [1.82, 2.24) is 14.8 Å². The quantitative estimate of drug-likeness (QED) is 0.316. The van der Waals surface area contributed by atoms with E-state index in [4.69, 9.17) is 9.15 Å². The molecule has 0 saturated heterocycles. The lowest BCUT2D eigenvalue weighted by atomic mass is 10.1. The fourth-order valence-corrected chi connectivity index (χ4v) is 3.21. The Morgan fingerprint density at radius 3 is 2.76 bits per heavy atom. The second-order valence-electron chi connectivity index (χ2n) is 7.49. The summed E-state index contributed by atoms with van der Waals surface area (Å²) in [6.45, 7) is 4.23. The molecule has 0 saturated carbocycles. The molecule has 0 spiro atoms. The lowest BCUT2D eigenvalue weighted by Gasteiger charge is -2.05. The summed E-state index contributed by atoms with van der Waals surface area (Å²) in [5.41, 5.74) is 2.84. The molecule has 10 nitrogen and oxygen atoms in total. The minimum atomic E-state index is -0.518. The Balaban J connectivity index is 1.36. The highest BCUT2D eigenvalue weighted by atomic mass is 16.6. The third-order valence-corrected chi connectivity index (χ3v) is 4.76. The van der Waals surface area contributed by atoms with Crippen molar-refractivity contribution in [3.05, 3.63) is 99.2 Å². The van der Waals surface area contributed by atoms with E-state index in [-0.39, 0.29) is 29.8 Å². The summed E-state index contributed by atoms with van der Waals surface area (Å²) < 4.78 is 12.7. The fourth-order valence-electron chi connectivity index (χ4n) is 3.21.